The number of ether oxygens (including phenoxy) is 1. The molecule has 0 bridgehead atoms. The first kappa shape index (κ1) is 26.6. The zero-order chi connectivity index (χ0) is 26.8. The second-order valence-corrected chi connectivity index (χ2v) is 8.99. The van der Waals surface area contributed by atoms with Crippen molar-refractivity contribution < 1.29 is 35.9 Å². The summed E-state index contributed by atoms with van der Waals surface area (Å²) in [5, 5.41) is 0. The number of alkyl halides is 6. The fraction of sp³-hybridized carbons (Fsp3) is 0.391. The number of carbonyl (C=O) groups excluding carboxylic acids is 1. The van der Waals surface area contributed by atoms with E-state index in [0.29, 0.717) is 36.4 Å². The van der Waals surface area contributed by atoms with Crippen LogP contribution < -0.4 is 9.64 Å². The molecular weight excluding hydrogens is 524 g/mol. The second-order valence-electron chi connectivity index (χ2n) is 8.46. The van der Waals surface area contributed by atoms with Gasteiger partial charge in [0.15, 0.2) is 0 Å². The van der Waals surface area contributed by atoms with Gasteiger partial charge < -0.3 is 14.5 Å². The molecule has 2 aromatic heterocycles. The molecule has 0 N–H and O–H groups in total. The third kappa shape index (κ3) is 6.29. The topological polar surface area (TPSA) is 71.5 Å². The van der Waals surface area contributed by atoms with E-state index < -0.39 is 47.4 Å². The first-order valence-electron chi connectivity index (χ1n) is 11.1. The van der Waals surface area contributed by atoms with Gasteiger partial charge in [-0.2, -0.15) is 30.7 Å². The molecule has 1 atom stereocenters. The predicted molar refractivity (Wildman–Crippen MR) is 122 cm³/mol. The van der Waals surface area contributed by atoms with E-state index in [-0.39, 0.29) is 19.7 Å². The van der Waals surface area contributed by atoms with Crippen LogP contribution in [0.4, 0.5) is 32.2 Å². The van der Waals surface area contributed by atoms with Gasteiger partial charge in [-0.05, 0) is 48.4 Å². The minimum absolute atomic E-state index is 0.141. The molecule has 1 fully saturated rings. The van der Waals surface area contributed by atoms with Crippen LogP contribution in [0.25, 0.3) is 0 Å². The Hall–Kier alpha value is -3.42. The highest BCUT2D eigenvalue weighted by Crippen LogP contribution is 2.37. The highest BCUT2D eigenvalue weighted by atomic mass is 32.1. The van der Waals surface area contributed by atoms with E-state index in [1.165, 1.54) is 4.90 Å². The maximum Gasteiger partial charge on any atom is 0.416 e. The highest BCUT2D eigenvalue weighted by molar-refractivity contribution is 6.99. The summed E-state index contributed by atoms with van der Waals surface area (Å²) < 4.78 is 93.8. The van der Waals surface area contributed by atoms with Gasteiger partial charge in [-0.15, -0.1) is 4.37 Å². The molecule has 3 aromatic rings. The number of hydrogen-bond donors (Lipinski definition) is 0. The number of halogens is 6. The quantitative estimate of drug-likeness (QED) is 0.414. The maximum atomic E-state index is 13.4. The van der Waals surface area contributed by atoms with Gasteiger partial charge in [0, 0.05) is 38.1 Å². The van der Waals surface area contributed by atoms with E-state index in [1.54, 1.807) is 31.5 Å². The van der Waals surface area contributed by atoms with Crippen molar-refractivity contribution in [3.8, 4) is 5.88 Å². The predicted octanol–water partition coefficient (Wildman–Crippen LogP) is 4.83. The van der Waals surface area contributed by atoms with Crippen molar-refractivity contribution in [2.75, 3.05) is 24.5 Å². The van der Waals surface area contributed by atoms with Gasteiger partial charge in [-0.1, -0.05) is 0 Å². The lowest BCUT2D eigenvalue weighted by atomic mass is 9.99. The van der Waals surface area contributed by atoms with Crippen molar-refractivity contribution >= 4 is 23.5 Å². The normalized spacial score (nSPS) is 16.7. The number of hydrogen-bond acceptors (Lipinski definition) is 7. The van der Waals surface area contributed by atoms with Crippen LogP contribution >= 0.6 is 11.7 Å². The molecule has 1 saturated heterocycles. The summed E-state index contributed by atoms with van der Waals surface area (Å²) in [6.45, 7) is 2.67. The summed E-state index contributed by atoms with van der Waals surface area (Å²) in [5.41, 5.74) is -2.33. The molecule has 0 saturated carbocycles. The van der Waals surface area contributed by atoms with Crippen LogP contribution in [0.15, 0.2) is 42.7 Å². The molecule has 198 valence electrons. The highest BCUT2D eigenvalue weighted by Gasteiger charge is 2.38. The molecule has 0 radical (unpaired) electrons. The van der Waals surface area contributed by atoms with Crippen LogP contribution in [0.5, 0.6) is 5.88 Å². The summed E-state index contributed by atoms with van der Waals surface area (Å²) in [5.74, 6) is 0.102. The Balaban J connectivity index is 1.44. The minimum Gasteiger partial charge on any atom is -0.470 e. The number of benzene rings is 1. The molecule has 1 aliphatic heterocycles. The first-order valence-corrected chi connectivity index (χ1v) is 11.8. The largest absolute Gasteiger partial charge is 0.470 e. The van der Waals surface area contributed by atoms with E-state index in [0.717, 1.165) is 17.3 Å². The van der Waals surface area contributed by atoms with Gasteiger partial charge in [-0.25, -0.2) is 0 Å². The molecule has 1 amide bonds. The number of pyridine rings is 1. The van der Waals surface area contributed by atoms with Crippen LogP contribution in [0, 0.1) is 0 Å². The standard InChI is InChI=1S/C23H21F6N5O2S/c1-14-12-33(20-21(32-37-31-20)36-13-15-4-6-30-7-5-15)8-9-34(14)19(35)11-16-10-17(22(24,25)26)2-3-18(16)23(27,28)29/h2-7,10,14H,8-9,11-13H2,1H3. The number of aromatic nitrogens is 3. The van der Waals surface area contributed by atoms with Gasteiger partial charge in [0.1, 0.15) is 6.61 Å². The lowest BCUT2D eigenvalue weighted by Crippen LogP contribution is -2.54. The second kappa shape index (κ2) is 10.5. The summed E-state index contributed by atoms with van der Waals surface area (Å²) >= 11 is 0.954. The number of anilines is 1. The molecule has 0 spiro atoms. The van der Waals surface area contributed by atoms with Gasteiger partial charge in [0.2, 0.25) is 11.7 Å². The third-order valence-corrected chi connectivity index (χ3v) is 6.40. The van der Waals surface area contributed by atoms with Crippen LogP contribution in [-0.4, -0.2) is 50.2 Å². The molecule has 1 aromatic carbocycles. The van der Waals surface area contributed by atoms with Crippen LogP contribution in [0.2, 0.25) is 0 Å². The van der Waals surface area contributed by atoms with Crippen LogP contribution in [0.3, 0.4) is 0 Å². The van der Waals surface area contributed by atoms with Crippen LogP contribution in [0.1, 0.15) is 29.2 Å². The average Bonchev–Trinajstić information content (AvgIpc) is 3.30. The smallest absolute Gasteiger partial charge is 0.416 e. The summed E-state index contributed by atoms with van der Waals surface area (Å²) in [6, 6.07) is 4.27. The molecule has 3 heterocycles. The Kier molecular flexibility index (Phi) is 7.57. The number of piperazine rings is 1. The molecule has 7 nitrogen and oxygen atoms in total. The molecule has 4 rings (SSSR count). The number of amides is 1. The summed E-state index contributed by atoms with van der Waals surface area (Å²) in [4.78, 5) is 20.1. The fourth-order valence-corrected chi connectivity index (χ4v) is 4.59. The lowest BCUT2D eigenvalue weighted by Gasteiger charge is -2.40. The van der Waals surface area contributed by atoms with Crippen molar-refractivity contribution in [3.05, 3.63) is 65.0 Å². The van der Waals surface area contributed by atoms with Crippen molar-refractivity contribution in [1.82, 2.24) is 18.6 Å². The third-order valence-electron chi connectivity index (χ3n) is 5.89. The van der Waals surface area contributed by atoms with Gasteiger partial charge in [0.25, 0.3) is 5.88 Å². The Morgan fingerprint density at radius 1 is 1.05 bits per heavy atom. The number of rotatable bonds is 6. The Labute approximate surface area is 212 Å². The minimum atomic E-state index is -4.89. The summed E-state index contributed by atoms with van der Waals surface area (Å²) in [6.07, 6.45) is -7.27. The monoisotopic (exact) mass is 545 g/mol. The van der Waals surface area contributed by atoms with Crippen molar-refractivity contribution in [2.45, 2.75) is 38.3 Å². The molecule has 0 aliphatic carbocycles. The van der Waals surface area contributed by atoms with Crippen molar-refractivity contribution in [3.63, 3.8) is 0 Å². The van der Waals surface area contributed by atoms with E-state index in [4.69, 9.17) is 4.74 Å². The van der Waals surface area contributed by atoms with Gasteiger partial charge in [-0.3, -0.25) is 9.78 Å². The lowest BCUT2D eigenvalue weighted by molar-refractivity contribution is -0.142. The van der Waals surface area contributed by atoms with Crippen molar-refractivity contribution in [1.29, 1.82) is 0 Å². The van der Waals surface area contributed by atoms with E-state index in [1.807, 2.05) is 4.90 Å². The Morgan fingerprint density at radius 2 is 1.78 bits per heavy atom. The molecule has 1 unspecified atom stereocenters. The Morgan fingerprint density at radius 3 is 2.43 bits per heavy atom. The van der Waals surface area contributed by atoms with Crippen molar-refractivity contribution in [2.24, 2.45) is 0 Å². The number of carbonyl (C=O) groups is 1. The first-order chi connectivity index (χ1) is 17.4. The zero-order valence-electron chi connectivity index (χ0n) is 19.4. The SMILES string of the molecule is CC1CN(c2nsnc2OCc2ccncc2)CCN1C(=O)Cc1cc(C(F)(F)F)ccc1C(F)(F)F. The molecular formula is C23H21F6N5O2S. The van der Waals surface area contributed by atoms with Gasteiger partial charge >= 0.3 is 12.4 Å². The molecule has 14 heteroatoms. The average molecular weight is 546 g/mol. The zero-order valence-corrected chi connectivity index (χ0v) is 20.2. The van der Waals surface area contributed by atoms with Gasteiger partial charge in [0.05, 0.1) is 29.3 Å². The fourth-order valence-electron chi connectivity index (χ4n) is 4.07. The van der Waals surface area contributed by atoms with Crippen LogP contribution in [-0.2, 0) is 30.2 Å². The molecule has 37 heavy (non-hydrogen) atoms. The number of nitrogens with zero attached hydrogens (tertiary/aromatic N) is 5. The Bertz CT molecular complexity index is 1230. The molecule has 1 aliphatic rings. The van der Waals surface area contributed by atoms with E-state index in [9.17, 15) is 31.1 Å². The van der Waals surface area contributed by atoms with E-state index >= 15 is 0 Å². The van der Waals surface area contributed by atoms with E-state index in [2.05, 4.69) is 13.7 Å². The maximum absolute atomic E-state index is 13.4. The summed E-state index contributed by atoms with van der Waals surface area (Å²) in [7, 11) is 0.